The van der Waals surface area contributed by atoms with Crippen LogP contribution in [0.3, 0.4) is 0 Å². The highest BCUT2D eigenvalue weighted by Crippen LogP contribution is 2.24. The van der Waals surface area contributed by atoms with Crippen LogP contribution in [0.2, 0.25) is 0 Å². The number of nitrogens with one attached hydrogen (secondary N) is 1. The van der Waals surface area contributed by atoms with Crippen molar-refractivity contribution < 1.29 is 8.95 Å². The largest absolute Gasteiger partial charge is 0.356 e. The summed E-state index contributed by atoms with van der Waals surface area (Å²) in [6, 6.07) is 15.2. The maximum absolute atomic E-state index is 13.6. The zero-order valence-electron chi connectivity index (χ0n) is 17.6. The van der Waals surface area contributed by atoms with Crippen LogP contribution >= 0.6 is 0 Å². The van der Waals surface area contributed by atoms with Gasteiger partial charge in [0, 0.05) is 4.90 Å². The van der Waals surface area contributed by atoms with Crippen molar-refractivity contribution in [3.05, 3.63) is 91.6 Å². The van der Waals surface area contributed by atoms with Gasteiger partial charge in [-0.05, 0) is 48.6 Å². The molecule has 0 amide bonds. The third-order valence-corrected chi connectivity index (χ3v) is 6.14. The fourth-order valence-electron chi connectivity index (χ4n) is 3.37. The van der Waals surface area contributed by atoms with Gasteiger partial charge in [0.2, 0.25) is 0 Å². The fraction of sp³-hybridized carbons (Fsp3) is 0.304. The first-order valence-electron chi connectivity index (χ1n) is 9.76. The molecule has 0 spiro atoms. The zero-order valence-corrected chi connectivity index (χ0v) is 18.4. The topological polar surface area (TPSA) is 81.2 Å². The summed E-state index contributed by atoms with van der Waals surface area (Å²) >= 11 is 0. The van der Waals surface area contributed by atoms with Crippen LogP contribution in [0.15, 0.2) is 68.0 Å². The number of aromatic amines is 1. The average molecular weight is 427 g/mol. The molecule has 1 unspecified atom stereocenters. The summed E-state index contributed by atoms with van der Waals surface area (Å²) in [4.78, 5) is 28.1. The van der Waals surface area contributed by atoms with Gasteiger partial charge in [0.1, 0.15) is 22.6 Å². The van der Waals surface area contributed by atoms with Crippen LogP contribution in [0, 0.1) is 13.8 Å². The van der Waals surface area contributed by atoms with E-state index in [1.54, 1.807) is 0 Å². The molecule has 0 bridgehead atoms. The highest BCUT2D eigenvalue weighted by molar-refractivity contribution is 7.85. The summed E-state index contributed by atoms with van der Waals surface area (Å²) in [6.07, 6.45) is 0. The number of aryl methyl sites for hydroxylation is 2. The van der Waals surface area contributed by atoms with Gasteiger partial charge in [0.25, 0.3) is 5.56 Å². The molecule has 0 radical (unpaired) electrons. The smallest absolute Gasteiger partial charge is 0.331 e. The second kappa shape index (κ2) is 9.36. The average Bonchev–Trinajstić information content (AvgIpc) is 2.68. The van der Waals surface area contributed by atoms with E-state index >= 15 is 0 Å². The second-order valence-corrected chi connectivity index (χ2v) is 9.01. The summed E-state index contributed by atoms with van der Waals surface area (Å²) in [5, 5.41) is 0.191. The number of rotatable bonds is 7. The number of H-pyrrole nitrogens is 1. The van der Waals surface area contributed by atoms with Gasteiger partial charge < -0.3 is 4.74 Å². The van der Waals surface area contributed by atoms with Crippen LogP contribution in [0.25, 0.3) is 0 Å². The van der Waals surface area contributed by atoms with Crippen LogP contribution in [0.5, 0.6) is 0 Å². The van der Waals surface area contributed by atoms with Crippen LogP contribution in [0.4, 0.5) is 0 Å². The van der Waals surface area contributed by atoms with E-state index in [2.05, 4.69) is 4.98 Å². The normalized spacial score (nSPS) is 12.3. The van der Waals surface area contributed by atoms with Crippen molar-refractivity contribution in [1.29, 1.82) is 0 Å². The molecule has 1 N–H and O–H groups in total. The molecule has 7 heteroatoms. The Morgan fingerprint density at radius 3 is 2.27 bits per heavy atom. The Labute approximate surface area is 178 Å². The standard InChI is InChI=1S/C23H26N2O4S/c1-15(2)20-21(26)24-23(27)25(14-29-13-18-8-6-5-7-9-18)22(20)30(28)19-11-16(3)10-17(4)12-19/h5-12,15H,13-14H2,1-4H3,(H,24,26,27). The van der Waals surface area contributed by atoms with Crippen molar-refractivity contribution in [3.8, 4) is 0 Å². The van der Waals surface area contributed by atoms with Crippen LogP contribution in [0.1, 0.15) is 42.0 Å². The number of hydrogen-bond donors (Lipinski definition) is 1. The van der Waals surface area contributed by atoms with Gasteiger partial charge in [-0.25, -0.2) is 9.00 Å². The Bertz CT molecular complexity index is 1160. The van der Waals surface area contributed by atoms with Gasteiger partial charge >= 0.3 is 5.69 Å². The third-order valence-electron chi connectivity index (χ3n) is 4.68. The summed E-state index contributed by atoms with van der Waals surface area (Å²) in [6.45, 7) is 7.70. The minimum atomic E-state index is -1.72. The maximum Gasteiger partial charge on any atom is 0.331 e. The highest BCUT2D eigenvalue weighted by Gasteiger charge is 2.24. The van der Waals surface area contributed by atoms with Gasteiger partial charge in [0.15, 0.2) is 0 Å². The number of nitrogens with zero attached hydrogens (tertiary/aromatic N) is 1. The quantitative estimate of drug-likeness (QED) is 0.585. The third kappa shape index (κ3) is 4.86. The Morgan fingerprint density at radius 1 is 1.03 bits per heavy atom. The lowest BCUT2D eigenvalue weighted by Crippen LogP contribution is -2.36. The number of ether oxygens (including phenoxy) is 1. The van der Waals surface area contributed by atoms with E-state index in [9.17, 15) is 13.8 Å². The number of hydrogen-bond acceptors (Lipinski definition) is 4. The molecule has 1 aromatic heterocycles. The number of benzene rings is 2. The molecule has 3 aromatic rings. The van der Waals surface area contributed by atoms with Crippen molar-refractivity contribution in [2.45, 2.75) is 56.9 Å². The van der Waals surface area contributed by atoms with Gasteiger partial charge in [-0.2, -0.15) is 0 Å². The Balaban J connectivity index is 2.07. The summed E-state index contributed by atoms with van der Waals surface area (Å²) in [5.74, 6) is -0.223. The molecule has 3 rings (SSSR count). The van der Waals surface area contributed by atoms with Crippen LogP contribution in [-0.2, 0) is 28.9 Å². The molecule has 1 heterocycles. The van der Waals surface area contributed by atoms with Crippen molar-refractivity contribution in [1.82, 2.24) is 9.55 Å². The first kappa shape index (κ1) is 21.9. The van der Waals surface area contributed by atoms with Gasteiger partial charge in [-0.1, -0.05) is 50.2 Å². The molecular formula is C23H26N2O4S. The molecule has 2 aromatic carbocycles. The van der Waals surface area contributed by atoms with E-state index in [0.29, 0.717) is 17.1 Å². The molecule has 1 atom stereocenters. The van der Waals surface area contributed by atoms with E-state index in [4.69, 9.17) is 4.74 Å². The predicted molar refractivity (Wildman–Crippen MR) is 117 cm³/mol. The number of aromatic nitrogens is 2. The maximum atomic E-state index is 13.6. The van der Waals surface area contributed by atoms with Crippen molar-refractivity contribution >= 4 is 10.8 Å². The van der Waals surface area contributed by atoms with Crippen LogP contribution in [-0.4, -0.2) is 13.8 Å². The molecule has 0 fully saturated rings. The van der Waals surface area contributed by atoms with E-state index in [1.807, 2.05) is 76.2 Å². The lowest BCUT2D eigenvalue weighted by Gasteiger charge is -2.18. The molecule has 0 saturated heterocycles. The lowest BCUT2D eigenvalue weighted by molar-refractivity contribution is 0.0547. The lowest BCUT2D eigenvalue weighted by atomic mass is 10.1. The van der Waals surface area contributed by atoms with E-state index in [-0.39, 0.29) is 17.7 Å². The molecule has 30 heavy (non-hydrogen) atoms. The molecule has 0 aliphatic heterocycles. The van der Waals surface area contributed by atoms with Gasteiger partial charge in [-0.15, -0.1) is 0 Å². The molecule has 158 valence electrons. The zero-order chi connectivity index (χ0) is 21.8. The minimum absolute atomic E-state index is 0.115. The van der Waals surface area contributed by atoms with Gasteiger partial charge in [-0.3, -0.25) is 14.3 Å². The van der Waals surface area contributed by atoms with E-state index in [0.717, 1.165) is 16.7 Å². The van der Waals surface area contributed by atoms with Crippen LogP contribution < -0.4 is 11.2 Å². The first-order valence-corrected chi connectivity index (χ1v) is 10.9. The predicted octanol–water partition coefficient (Wildman–Crippen LogP) is 3.62. The molecule has 0 saturated carbocycles. The monoisotopic (exact) mass is 426 g/mol. The van der Waals surface area contributed by atoms with Gasteiger partial charge in [0.05, 0.1) is 12.2 Å². The summed E-state index contributed by atoms with van der Waals surface area (Å²) in [7, 11) is -1.72. The van der Waals surface area contributed by atoms with Crippen molar-refractivity contribution in [3.63, 3.8) is 0 Å². The van der Waals surface area contributed by atoms with E-state index in [1.165, 1.54) is 4.57 Å². The van der Waals surface area contributed by atoms with Crippen molar-refractivity contribution in [2.24, 2.45) is 0 Å². The highest BCUT2D eigenvalue weighted by atomic mass is 32.2. The second-order valence-electron chi connectivity index (χ2n) is 7.62. The molecule has 0 aliphatic carbocycles. The molecular weight excluding hydrogens is 400 g/mol. The summed E-state index contributed by atoms with van der Waals surface area (Å²) < 4.78 is 20.6. The minimum Gasteiger partial charge on any atom is -0.356 e. The fourth-order valence-corrected chi connectivity index (χ4v) is 5.05. The Morgan fingerprint density at radius 2 is 1.67 bits per heavy atom. The van der Waals surface area contributed by atoms with Crippen molar-refractivity contribution in [2.75, 3.05) is 0 Å². The SMILES string of the molecule is Cc1cc(C)cc(S(=O)c2c(C(C)C)c(=O)[nH]c(=O)n2COCc2ccccc2)c1. The summed E-state index contributed by atoms with van der Waals surface area (Å²) in [5.41, 5.74) is 2.06. The molecule has 6 nitrogen and oxygen atoms in total. The molecule has 0 aliphatic rings. The first-order chi connectivity index (χ1) is 14.3. The Hall–Kier alpha value is -2.77. The van der Waals surface area contributed by atoms with E-state index < -0.39 is 22.0 Å². The Kier molecular flexibility index (Phi) is 6.84.